The average Bonchev–Trinajstić information content (AvgIpc) is 3.11. The number of carbonyl (C=O) groups is 2. The van der Waals surface area contributed by atoms with Crippen LogP contribution in [-0.2, 0) is 4.79 Å². The first kappa shape index (κ1) is 20.1. The lowest BCUT2D eigenvalue weighted by molar-refractivity contribution is -0.137. The van der Waals surface area contributed by atoms with Gasteiger partial charge in [-0.2, -0.15) is 4.98 Å². The third kappa shape index (κ3) is 4.26. The van der Waals surface area contributed by atoms with Crippen LogP contribution in [-0.4, -0.2) is 50.8 Å². The Balaban J connectivity index is 1.94. The molecular formula is C19H21N5O5. The molecule has 0 spiro atoms. The summed E-state index contributed by atoms with van der Waals surface area (Å²) in [7, 11) is 2.97. The standard InChI is InChI=1S/C19H21N5O5/c1-10-7-11(2)24-19(20-10)22-17(23-24)18(27)21-14(9-16(25)26)13-6-5-12(28-3)8-15(13)29-4/h5-8,14H,9H2,1-4H3,(H,21,27)(H,25,26). The predicted octanol–water partition coefficient (Wildman–Crippen LogP) is 1.70. The van der Waals surface area contributed by atoms with Crippen molar-refractivity contribution < 1.29 is 24.2 Å². The van der Waals surface area contributed by atoms with E-state index in [1.807, 2.05) is 19.9 Å². The molecule has 29 heavy (non-hydrogen) atoms. The van der Waals surface area contributed by atoms with E-state index in [1.165, 1.54) is 18.7 Å². The SMILES string of the molecule is COc1ccc(C(CC(=O)O)NC(=O)c2nc3nc(C)cc(C)n3n2)c(OC)c1. The second-order valence-corrected chi connectivity index (χ2v) is 6.42. The zero-order valence-corrected chi connectivity index (χ0v) is 16.5. The van der Waals surface area contributed by atoms with E-state index in [0.29, 0.717) is 22.8 Å². The normalized spacial score (nSPS) is 11.9. The number of benzene rings is 1. The molecule has 1 aromatic carbocycles. The highest BCUT2D eigenvalue weighted by molar-refractivity contribution is 5.91. The lowest BCUT2D eigenvalue weighted by Crippen LogP contribution is -2.31. The van der Waals surface area contributed by atoms with E-state index < -0.39 is 17.9 Å². The largest absolute Gasteiger partial charge is 0.497 e. The van der Waals surface area contributed by atoms with Crippen molar-refractivity contribution in [3.05, 3.63) is 47.0 Å². The van der Waals surface area contributed by atoms with Crippen molar-refractivity contribution in [2.75, 3.05) is 14.2 Å². The molecule has 0 saturated carbocycles. The Morgan fingerprint density at radius 1 is 1.17 bits per heavy atom. The van der Waals surface area contributed by atoms with Gasteiger partial charge in [0.25, 0.3) is 11.7 Å². The van der Waals surface area contributed by atoms with Crippen LogP contribution < -0.4 is 14.8 Å². The molecule has 0 aliphatic heterocycles. The molecule has 0 fully saturated rings. The number of nitrogens with zero attached hydrogens (tertiary/aromatic N) is 4. The molecule has 3 aromatic rings. The van der Waals surface area contributed by atoms with Crippen LogP contribution >= 0.6 is 0 Å². The maximum Gasteiger partial charge on any atom is 0.305 e. The number of aromatic nitrogens is 4. The van der Waals surface area contributed by atoms with Crippen molar-refractivity contribution in [3.63, 3.8) is 0 Å². The highest BCUT2D eigenvalue weighted by Crippen LogP contribution is 2.31. The van der Waals surface area contributed by atoms with Gasteiger partial charge in [-0.1, -0.05) is 0 Å². The third-order valence-electron chi connectivity index (χ3n) is 4.32. The van der Waals surface area contributed by atoms with Gasteiger partial charge in [-0.3, -0.25) is 9.59 Å². The summed E-state index contributed by atoms with van der Waals surface area (Å²) in [5.74, 6) is -0.559. The molecule has 1 amide bonds. The van der Waals surface area contributed by atoms with Crippen LogP contribution in [0.3, 0.4) is 0 Å². The summed E-state index contributed by atoms with van der Waals surface area (Å²) in [5, 5.41) is 16.2. The molecule has 0 aliphatic rings. The second kappa shape index (κ2) is 8.13. The lowest BCUT2D eigenvalue weighted by Gasteiger charge is -2.19. The summed E-state index contributed by atoms with van der Waals surface area (Å²) in [6.45, 7) is 3.65. The number of fused-ring (bicyclic) bond motifs is 1. The van der Waals surface area contributed by atoms with Crippen LogP contribution in [0.2, 0.25) is 0 Å². The number of carboxylic acid groups (broad SMARTS) is 1. The van der Waals surface area contributed by atoms with E-state index in [1.54, 1.807) is 18.2 Å². The molecule has 1 unspecified atom stereocenters. The number of hydrogen-bond donors (Lipinski definition) is 2. The van der Waals surface area contributed by atoms with Gasteiger partial charge in [0.05, 0.1) is 26.7 Å². The van der Waals surface area contributed by atoms with Gasteiger partial charge >= 0.3 is 5.97 Å². The number of aryl methyl sites for hydroxylation is 2. The smallest absolute Gasteiger partial charge is 0.305 e. The van der Waals surface area contributed by atoms with Crippen molar-refractivity contribution in [2.45, 2.75) is 26.3 Å². The highest BCUT2D eigenvalue weighted by atomic mass is 16.5. The first-order valence-electron chi connectivity index (χ1n) is 8.78. The number of hydrogen-bond acceptors (Lipinski definition) is 7. The van der Waals surface area contributed by atoms with E-state index in [-0.39, 0.29) is 12.2 Å². The monoisotopic (exact) mass is 399 g/mol. The number of carboxylic acids is 1. The van der Waals surface area contributed by atoms with E-state index in [4.69, 9.17) is 9.47 Å². The van der Waals surface area contributed by atoms with Crippen molar-refractivity contribution >= 4 is 17.7 Å². The molecule has 10 heteroatoms. The molecule has 10 nitrogen and oxygen atoms in total. The highest BCUT2D eigenvalue weighted by Gasteiger charge is 2.25. The van der Waals surface area contributed by atoms with Gasteiger partial charge in [-0.05, 0) is 32.0 Å². The summed E-state index contributed by atoms with van der Waals surface area (Å²) < 4.78 is 12.0. The Morgan fingerprint density at radius 2 is 1.93 bits per heavy atom. The Bertz CT molecular complexity index is 1080. The Kier molecular flexibility index (Phi) is 5.62. The fraction of sp³-hybridized carbons (Fsp3) is 0.316. The Morgan fingerprint density at radius 3 is 2.59 bits per heavy atom. The molecule has 152 valence electrons. The number of rotatable bonds is 7. The van der Waals surface area contributed by atoms with Gasteiger partial charge in [-0.15, -0.1) is 5.10 Å². The molecule has 0 radical (unpaired) electrons. The van der Waals surface area contributed by atoms with Crippen LogP contribution in [0.5, 0.6) is 11.5 Å². The van der Waals surface area contributed by atoms with E-state index in [0.717, 1.165) is 11.4 Å². The molecule has 3 rings (SSSR count). The van der Waals surface area contributed by atoms with Gasteiger partial charge in [0.2, 0.25) is 5.82 Å². The Hall–Kier alpha value is -3.69. The van der Waals surface area contributed by atoms with E-state index >= 15 is 0 Å². The summed E-state index contributed by atoms with van der Waals surface area (Å²) in [4.78, 5) is 32.6. The van der Waals surface area contributed by atoms with Crippen molar-refractivity contribution in [3.8, 4) is 11.5 Å². The number of amides is 1. The zero-order chi connectivity index (χ0) is 21.1. The van der Waals surface area contributed by atoms with E-state index in [2.05, 4.69) is 20.4 Å². The molecule has 2 heterocycles. The number of methoxy groups -OCH3 is 2. The van der Waals surface area contributed by atoms with Crippen LogP contribution in [0.15, 0.2) is 24.3 Å². The topological polar surface area (TPSA) is 128 Å². The third-order valence-corrected chi connectivity index (χ3v) is 4.32. The lowest BCUT2D eigenvalue weighted by atomic mass is 10.0. The number of ether oxygens (including phenoxy) is 2. The first-order valence-corrected chi connectivity index (χ1v) is 8.78. The first-order chi connectivity index (χ1) is 13.8. The van der Waals surface area contributed by atoms with Crippen LogP contribution in [0.1, 0.15) is 40.0 Å². The minimum absolute atomic E-state index is 0.103. The van der Waals surface area contributed by atoms with Crippen molar-refractivity contribution in [1.29, 1.82) is 0 Å². The van der Waals surface area contributed by atoms with Gasteiger partial charge in [0, 0.05) is 23.0 Å². The fourth-order valence-corrected chi connectivity index (χ4v) is 3.00. The quantitative estimate of drug-likeness (QED) is 0.614. The summed E-state index contributed by atoms with van der Waals surface area (Å²) in [5.41, 5.74) is 2.03. The predicted molar refractivity (Wildman–Crippen MR) is 102 cm³/mol. The van der Waals surface area contributed by atoms with Gasteiger partial charge in [-0.25, -0.2) is 9.50 Å². The van der Waals surface area contributed by atoms with Crippen LogP contribution in [0.25, 0.3) is 5.78 Å². The molecule has 2 N–H and O–H groups in total. The molecular weight excluding hydrogens is 378 g/mol. The maximum absolute atomic E-state index is 12.8. The minimum atomic E-state index is -1.08. The van der Waals surface area contributed by atoms with Crippen LogP contribution in [0.4, 0.5) is 0 Å². The minimum Gasteiger partial charge on any atom is -0.497 e. The van der Waals surface area contributed by atoms with Crippen molar-refractivity contribution in [1.82, 2.24) is 24.9 Å². The van der Waals surface area contributed by atoms with Gasteiger partial charge in [0.15, 0.2) is 0 Å². The zero-order valence-electron chi connectivity index (χ0n) is 16.5. The summed E-state index contributed by atoms with van der Waals surface area (Å²) in [6, 6.07) is 5.90. The maximum atomic E-state index is 12.8. The molecule has 0 saturated heterocycles. The fourth-order valence-electron chi connectivity index (χ4n) is 3.00. The molecule has 0 bridgehead atoms. The second-order valence-electron chi connectivity index (χ2n) is 6.42. The summed E-state index contributed by atoms with van der Waals surface area (Å²) >= 11 is 0. The molecule has 0 aliphatic carbocycles. The molecule has 1 atom stereocenters. The number of carbonyl (C=O) groups excluding carboxylic acids is 1. The average molecular weight is 399 g/mol. The number of aliphatic carboxylic acids is 1. The van der Waals surface area contributed by atoms with Crippen LogP contribution in [0, 0.1) is 13.8 Å². The summed E-state index contributed by atoms with van der Waals surface area (Å²) in [6.07, 6.45) is -0.349. The van der Waals surface area contributed by atoms with Gasteiger partial charge < -0.3 is 19.9 Å². The van der Waals surface area contributed by atoms with E-state index in [9.17, 15) is 14.7 Å². The Labute approximate surface area is 166 Å². The van der Waals surface area contributed by atoms with Crippen molar-refractivity contribution in [2.24, 2.45) is 0 Å². The van der Waals surface area contributed by atoms with Gasteiger partial charge in [0.1, 0.15) is 11.5 Å². The molecule has 2 aromatic heterocycles. The number of nitrogens with one attached hydrogen (secondary N) is 1.